The maximum atomic E-state index is 12.3. The molecule has 0 aliphatic rings. The average Bonchev–Trinajstić information content (AvgIpc) is 2.69. The van der Waals surface area contributed by atoms with E-state index < -0.39 is 5.97 Å². The van der Waals surface area contributed by atoms with Crippen LogP contribution in [0, 0.1) is 5.92 Å². The molecule has 0 amide bonds. The third kappa shape index (κ3) is 7.06. The van der Waals surface area contributed by atoms with Gasteiger partial charge in [-0.25, -0.2) is 9.59 Å². The first-order valence-electron chi connectivity index (χ1n) is 9.71. The first-order valence-corrected chi connectivity index (χ1v) is 9.71. The molecule has 0 saturated carbocycles. The number of ether oxygens (including phenoxy) is 3. The van der Waals surface area contributed by atoms with Gasteiger partial charge in [-0.15, -0.1) is 0 Å². The molecule has 150 valence electrons. The molecule has 28 heavy (non-hydrogen) atoms. The summed E-state index contributed by atoms with van der Waals surface area (Å²) in [6, 6.07) is 13.2. The van der Waals surface area contributed by atoms with E-state index in [-0.39, 0.29) is 5.97 Å². The Morgan fingerprint density at radius 1 is 0.821 bits per heavy atom. The fourth-order valence-electron chi connectivity index (χ4n) is 2.32. The summed E-state index contributed by atoms with van der Waals surface area (Å²) >= 11 is 0. The SMILES string of the molecule is CCCCOc1ccc(C(=O)Oc2ccc(C(=O)OCCC(C)C)cc2)cc1. The van der Waals surface area contributed by atoms with Crippen LogP contribution in [-0.4, -0.2) is 25.2 Å². The van der Waals surface area contributed by atoms with Crippen LogP contribution in [0.2, 0.25) is 0 Å². The molecule has 0 unspecified atom stereocenters. The first kappa shape index (κ1) is 21.5. The minimum absolute atomic E-state index is 0.368. The Bertz CT molecular complexity index is 748. The number of rotatable bonds is 10. The number of esters is 2. The van der Waals surface area contributed by atoms with Gasteiger partial charge in [0.2, 0.25) is 0 Å². The summed E-state index contributed by atoms with van der Waals surface area (Å²) in [7, 11) is 0. The van der Waals surface area contributed by atoms with Crippen LogP contribution < -0.4 is 9.47 Å². The highest BCUT2D eigenvalue weighted by atomic mass is 16.5. The number of carbonyl (C=O) groups excluding carboxylic acids is 2. The fraction of sp³-hybridized carbons (Fsp3) is 0.391. The van der Waals surface area contributed by atoms with Gasteiger partial charge in [-0.1, -0.05) is 27.2 Å². The Morgan fingerprint density at radius 2 is 1.39 bits per heavy atom. The van der Waals surface area contributed by atoms with Crippen molar-refractivity contribution in [1.29, 1.82) is 0 Å². The van der Waals surface area contributed by atoms with Gasteiger partial charge in [-0.3, -0.25) is 0 Å². The van der Waals surface area contributed by atoms with Crippen molar-refractivity contribution in [2.75, 3.05) is 13.2 Å². The van der Waals surface area contributed by atoms with Crippen LogP contribution in [0.5, 0.6) is 11.5 Å². The van der Waals surface area contributed by atoms with Gasteiger partial charge >= 0.3 is 11.9 Å². The molecule has 0 aliphatic carbocycles. The zero-order valence-corrected chi connectivity index (χ0v) is 16.8. The highest BCUT2D eigenvalue weighted by molar-refractivity contribution is 5.92. The van der Waals surface area contributed by atoms with Crippen LogP contribution in [-0.2, 0) is 4.74 Å². The van der Waals surface area contributed by atoms with Gasteiger partial charge in [0, 0.05) is 0 Å². The maximum Gasteiger partial charge on any atom is 0.343 e. The topological polar surface area (TPSA) is 61.8 Å². The van der Waals surface area contributed by atoms with Crippen molar-refractivity contribution in [3.8, 4) is 11.5 Å². The van der Waals surface area contributed by atoms with Crippen LogP contribution in [0.15, 0.2) is 48.5 Å². The second kappa shape index (κ2) is 11.1. The van der Waals surface area contributed by atoms with Crippen molar-refractivity contribution in [3.05, 3.63) is 59.7 Å². The largest absolute Gasteiger partial charge is 0.494 e. The van der Waals surface area contributed by atoms with E-state index in [0.29, 0.717) is 36.0 Å². The van der Waals surface area contributed by atoms with E-state index in [9.17, 15) is 9.59 Å². The molecule has 5 nitrogen and oxygen atoms in total. The summed E-state index contributed by atoms with van der Waals surface area (Å²) in [5.41, 5.74) is 0.858. The molecule has 0 aliphatic heterocycles. The van der Waals surface area contributed by atoms with Crippen LogP contribution >= 0.6 is 0 Å². The number of hydrogen-bond donors (Lipinski definition) is 0. The van der Waals surface area contributed by atoms with Crippen LogP contribution in [0.25, 0.3) is 0 Å². The molecule has 0 aromatic heterocycles. The summed E-state index contributed by atoms with van der Waals surface area (Å²) in [5, 5.41) is 0. The third-order valence-electron chi connectivity index (χ3n) is 4.09. The van der Waals surface area contributed by atoms with Crippen molar-refractivity contribution in [3.63, 3.8) is 0 Å². The van der Waals surface area contributed by atoms with Gasteiger partial charge in [0.15, 0.2) is 0 Å². The zero-order chi connectivity index (χ0) is 20.4. The van der Waals surface area contributed by atoms with Crippen molar-refractivity contribution >= 4 is 11.9 Å². The normalized spacial score (nSPS) is 10.6. The molecule has 0 bridgehead atoms. The molecule has 0 fully saturated rings. The summed E-state index contributed by atoms with van der Waals surface area (Å²) in [4.78, 5) is 24.2. The quantitative estimate of drug-likeness (QED) is 0.316. The Hall–Kier alpha value is -2.82. The van der Waals surface area contributed by atoms with E-state index in [2.05, 4.69) is 20.8 Å². The predicted molar refractivity (Wildman–Crippen MR) is 108 cm³/mol. The molecule has 5 heteroatoms. The van der Waals surface area contributed by atoms with E-state index in [0.717, 1.165) is 25.0 Å². The third-order valence-corrected chi connectivity index (χ3v) is 4.09. The maximum absolute atomic E-state index is 12.3. The zero-order valence-electron chi connectivity index (χ0n) is 16.8. The van der Waals surface area contributed by atoms with Gasteiger partial charge in [0.1, 0.15) is 11.5 Å². The summed E-state index contributed by atoms with van der Waals surface area (Å²) in [6.45, 7) is 7.30. The predicted octanol–water partition coefficient (Wildman–Crippen LogP) is 5.29. The molecule has 0 saturated heterocycles. The minimum Gasteiger partial charge on any atom is -0.494 e. The van der Waals surface area contributed by atoms with Gasteiger partial charge < -0.3 is 14.2 Å². The van der Waals surface area contributed by atoms with Crippen LogP contribution in [0.3, 0.4) is 0 Å². The lowest BCUT2D eigenvalue weighted by atomic mass is 10.1. The van der Waals surface area contributed by atoms with Crippen LogP contribution in [0.4, 0.5) is 0 Å². The van der Waals surface area contributed by atoms with E-state index in [4.69, 9.17) is 14.2 Å². The summed E-state index contributed by atoms with van der Waals surface area (Å²) in [5.74, 6) is 0.730. The molecule has 0 spiro atoms. The monoisotopic (exact) mass is 384 g/mol. The highest BCUT2D eigenvalue weighted by Crippen LogP contribution is 2.17. The molecule has 2 rings (SSSR count). The number of carbonyl (C=O) groups is 2. The molecule has 2 aromatic carbocycles. The summed E-state index contributed by atoms with van der Waals surface area (Å²) in [6.07, 6.45) is 2.88. The molecule has 0 atom stereocenters. The Morgan fingerprint density at radius 3 is 1.96 bits per heavy atom. The van der Waals surface area contributed by atoms with Crippen molar-refractivity contribution in [1.82, 2.24) is 0 Å². The van der Waals surface area contributed by atoms with E-state index in [1.165, 1.54) is 0 Å². The van der Waals surface area contributed by atoms with Gasteiger partial charge in [0.25, 0.3) is 0 Å². The van der Waals surface area contributed by atoms with Crippen molar-refractivity contribution in [2.24, 2.45) is 5.92 Å². The van der Waals surface area contributed by atoms with Gasteiger partial charge in [0.05, 0.1) is 24.3 Å². The standard InChI is InChI=1S/C23H28O5/c1-4-5-15-26-20-10-6-19(7-11-20)23(25)28-21-12-8-18(9-13-21)22(24)27-16-14-17(2)3/h6-13,17H,4-5,14-16H2,1-3H3. The highest BCUT2D eigenvalue weighted by Gasteiger charge is 2.11. The van der Waals surface area contributed by atoms with E-state index in [1.807, 2.05) is 0 Å². The second-order valence-electron chi connectivity index (χ2n) is 6.96. The lowest BCUT2D eigenvalue weighted by molar-refractivity contribution is 0.0488. The minimum atomic E-state index is -0.465. The Labute approximate surface area is 166 Å². The fourth-order valence-corrected chi connectivity index (χ4v) is 2.32. The molecule has 0 heterocycles. The van der Waals surface area contributed by atoms with Crippen LogP contribution in [0.1, 0.15) is 60.7 Å². The van der Waals surface area contributed by atoms with Gasteiger partial charge in [-0.05, 0) is 67.3 Å². The van der Waals surface area contributed by atoms with E-state index >= 15 is 0 Å². The Kier molecular flexibility index (Phi) is 8.53. The lowest BCUT2D eigenvalue weighted by Crippen LogP contribution is -2.10. The van der Waals surface area contributed by atoms with Crippen molar-refractivity contribution < 1.29 is 23.8 Å². The number of benzene rings is 2. The van der Waals surface area contributed by atoms with Crippen molar-refractivity contribution in [2.45, 2.75) is 40.0 Å². The second-order valence-corrected chi connectivity index (χ2v) is 6.96. The molecule has 0 radical (unpaired) electrons. The number of hydrogen-bond acceptors (Lipinski definition) is 5. The number of unbranched alkanes of at least 4 members (excludes halogenated alkanes) is 1. The summed E-state index contributed by atoms with van der Waals surface area (Å²) < 4.78 is 16.2. The van der Waals surface area contributed by atoms with E-state index in [1.54, 1.807) is 48.5 Å². The molecule has 2 aromatic rings. The first-order chi connectivity index (χ1) is 13.5. The lowest BCUT2D eigenvalue weighted by Gasteiger charge is -2.08. The smallest absolute Gasteiger partial charge is 0.343 e. The van der Waals surface area contributed by atoms with Gasteiger partial charge in [-0.2, -0.15) is 0 Å². The molecule has 0 N–H and O–H groups in total. The average molecular weight is 384 g/mol. The Balaban J connectivity index is 1.87. The molecular formula is C23H28O5. The molecular weight excluding hydrogens is 356 g/mol.